The molecule has 2 atom stereocenters. The number of benzene rings is 2. The number of rotatable bonds is 4. The molecule has 1 saturated heterocycles. The minimum Gasteiger partial charge on any atom is -0.454 e. The number of likely N-dealkylation sites (tertiary alicyclic amines) is 1. The van der Waals surface area contributed by atoms with Crippen molar-refractivity contribution in [3.05, 3.63) is 64.7 Å². The lowest BCUT2D eigenvalue weighted by Crippen LogP contribution is -2.36. The van der Waals surface area contributed by atoms with E-state index in [9.17, 15) is 9.59 Å². The van der Waals surface area contributed by atoms with E-state index >= 15 is 0 Å². The number of esters is 1. The Kier molecular flexibility index (Phi) is 5.65. The summed E-state index contributed by atoms with van der Waals surface area (Å²) in [5, 5.41) is 3.46. The lowest BCUT2D eigenvalue weighted by Gasteiger charge is -2.24. The number of amides is 1. The summed E-state index contributed by atoms with van der Waals surface area (Å²) < 4.78 is 11.1. The summed E-state index contributed by atoms with van der Waals surface area (Å²) in [7, 11) is 0. The van der Waals surface area contributed by atoms with Crippen molar-refractivity contribution in [1.29, 1.82) is 0 Å². The third-order valence-electron chi connectivity index (χ3n) is 5.75. The molecule has 0 spiro atoms. The van der Waals surface area contributed by atoms with Crippen molar-refractivity contribution in [3.63, 3.8) is 0 Å². The molecule has 2 aromatic rings. The number of ether oxygens (including phenoxy) is 2. The molecule has 2 aromatic carbocycles. The first kappa shape index (κ1) is 21.2. The zero-order valence-corrected chi connectivity index (χ0v) is 18.6. The Morgan fingerprint density at radius 1 is 1.23 bits per heavy atom. The van der Waals surface area contributed by atoms with Crippen LogP contribution in [-0.2, 0) is 15.9 Å². The fourth-order valence-electron chi connectivity index (χ4n) is 4.16. The predicted molar refractivity (Wildman–Crippen MR) is 119 cm³/mol. The number of aryl methyl sites for hydroxylation is 1. The van der Waals surface area contributed by atoms with Crippen LogP contribution in [0.4, 0.5) is 10.5 Å². The van der Waals surface area contributed by atoms with Gasteiger partial charge in [0.05, 0.1) is 5.56 Å². The zero-order valence-electron chi connectivity index (χ0n) is 18.6. The van der Waals surface area contributed by atoms with Crippen LogP contribution in [0.2, 0.25) is 0 Å². The van der Waals surface area contributed by atoms with E-state index in [4.69, 9.17) is 9.47 Å². The molecule has 0 unspecified atom stereocenters. The van der Waals surface area contributed by atoms with Gasteiger partial charge in [-0.15, -0.1) is 0 Å². The van der Waals surface area contributed by atoms with Gasteiger partial charge in [0.15, 0.2) is 0 Å². The van der Waals surface area contributed by atoms with E-state index in [0.717, 1.165) is 17.7 Å². The number of cyclic esters (lactones) is 1. The maximum absolute atomic E-state index is 12.5. The highest BCUT2D eigenvalue weighted by Crippen LogP contribution is 2.35. The number of hydrogen-bond donors (Lipinski definition) is 1. The minimum atomic E-state index is -0.502. The van der Waals surface area contributed by atoms with E-state index in [2.05, 4.69) is 24.4 Å². The molecule has 6 heteroatoms. The van der Waals surface area contributed by atoms with E-state index in [1.807, 2.05) is 51.1 Å². The molecule has 2 aliphatic rings. The van der Waals surface area contributed by atoms with Crippen molar-refractivity contribution < 1.29 is 19.1 Å². The van der Waals surface area contributed by atoms with Crippen LogP contribution in [0.15, 0.2) is 42.5 Å². The first-order valence-electron chi connectivity index (χ1n) is 10.8. The highest BCUT2D eigenvalue weighted by Gasteiger charge is 2.33. The van der Waals surface area contributed by atoms with Gasteiger partial charge in [0.2, 0.25) is 0 Å². The van der Waals surface area contributed by atoms with Crippen molar-refractivity contribution in [1.82, 2.24) is 4.90 Å². The van der Waals surface area contributed by atoms with E-state index in [1.165, 1.54) is 11.1 Å². The summed E-state index contributed by atoms with van der Waals surface area (Å²) >= 11 is 0. The second-order valence-electron chi connectivity index (χ2n) is 9.38. The number of carbonyl (C=O) groups is 2. The molecule has 1 amide bonds. The van der Waals surface area contributed by atoms with Gasteiger partial charge in [0.25, 0.3) is 0 Å². The van der Waals surface area contributed by atoms with Crippen molar-refractivity contribution in [2.75, 3.05) is 18.4 Å². The van der Waals surface area contributed by atoms with Crippen LogP contribution < -0.4 is 5.32 Å². The molecule has 0 bridgehead atoms. The average Bonchev–Trinajstić information content (AvgIpc) is 3.28. The van der Waals surface area contributed by atoms with E-state index < -0.39 is 5.60 Å². The Balaban J connectivity index is 1.41. The van der Waals surface area contributed by atoms with E-state index in [-0.39, 0.29) is 24.2 Å². The summed E-state index contributed by atoms with van der Waals surface area (Å²) in [6.07, 6.45) is 0.961. The lowest BCUT2D eigenvalue weighted by molar-refractivity contribution is 0.0292. The Labute approximate surface area is 183 Å². The minimum absolute atomic E-state index is 0.116. The molecule has 0 radical (unpaired) electrons. The average molecular weight is 423 g/mol. The lowest BCUT2D eigenvalue weighted by atomic mass is 9.96. The summed E-state index contributed by atoms with van der Waals surface area (Å²) in [6.45, 7) is 8.90. The monoisotopic (exact) mass is 422 g/mol. The van der Waals surface area contributed by atoms with Gasteiger partial charge in [-0.1, -0.05) is 30.3 Å². The number of fused-ring (bicyclic) bond motifs is 1. The van der Waals surface area contributed by atoms with Crippen LogP contribution in [0.1, 0.15) is 60.3 Å². The van der Waals surface area contributed by atoms with Crippen LogP contribution >= 0.6 is 0 Å². The third-order valence-corrected chi connectivity index (χ3v) is 5.75. The molecule has 0 aromatic heterocycles. The largest absolute Gasteiger partial charge is 0.454 e. The molecule has 164 valence electrons. The molecule has 1 N–H and O–H groups in total. The summed E-state index contributed by atoms with van der Waals surface area (Å²) in [5.41, 5.74) is 4.29. The molecule has 0 aliphatic carbocycles. The molecule has 2 heterocycles. The number of nitrogens with zero attached hydrogens (tertiary/aromatic N) is 1. The number of carbonyl (C=O) groups excluding carboxylic acids is 2. The molecular weight excluding hydrogens is 392 g/mol. The molecule has 1 fully saturated rings. The van der Waals surface area contributed by atoms with Gasteiger partial charge in [0.1, 0.15) is 11.7 Å². The highest BCUT2D eigenvalue weighted by atomic mass is 16.6. The van der Waals surface area contributed by atoms with Crippen LogP contribution in [-0.4, -0.2) is 41.7 Å². The topological polar surface area (TPSA) is 67.9 Å². The Morgan fingerprint density at radius 2 is 2.00 bits per heavy atom. The van der Waals surface area contributed by atoms with Gasteiger partial charge in [-0.05, 0) is 57.4 Å². The van der Waals surface area contributed by atoms with Gasteiger partial charge < -0.3 is 19.7 Å². The van der Waals surface area contributed by atoms with Crippen molar-refractivity contribution in [3.8, 4) is 0 Å². The Hall–Kier alpha value is -3.02. The SMILES string of the molecule is Cc1ccccc1C[C@H]1OC(=O)c2cc(N[C@@H]3CCN(C(=O)OC(C)(C)C)C3)ccc21. The Morgan fingerprint density at radius 3 is 2.74 bits per heavy atom. The van der Waals surface area contributed by atoms with Crippen molar-refractivity contribution >= 4 is 17.7 Å². The zero-order chi connectivity index (χ0) is 22.2. The molecule has 4 rings (SSSR count). The maximum atomic E-state index is 12.5. The van der Waals surface area contributed by atoms with Crippen molar-refractivity contribution in [2.45, 2.75) is 58.3 Å². The van der Waals surface area contributed by atoms with Crippen LogP contribution in [0.5, 0.6) is 0 Å². The first-order chi connectivity index (χ1) is 14.7. The first-order valence-corrected chi connectivity index (χ1v) is 10.8. The van der Waals surface area contributed by atoms with Gasteiger partial charge in [-0.3, -0.25) is 0 Å². The fourth-order valence-corrected chi connectivity index (χ4v) is 4.16. The van der Waals surface area contributed by atoms with Crippen molar-refractivity contribution in [2.24, 2.45) is 0 Å². The van der Waals surface area contributed by atoms with E-state index in [1.54, 1.807) is 4.90 Å². The smallest absolute Gasteiger partial charge is 0.410 e. The van der Waals surface area contributed by atoms with Crippen LogP contribution in [0.25, 0.3) is 0 Å². The quantitative estimate of drug-likeness (QED) is 0.712. The maximum Gasteiger partial charge on any atom is 0.410 e. The standard InChI is InChI=1S/C25H30N2O4/c1-16-7-5-6-8-17(16)13-22-20-10-9-18(14-21(20)23(28)30-22)26-19-11-12-27(15-19)24(29)31-25(2,3)4/h5-10,14,19,22,26H,11-13,15H2,1-4H3/t19-,22-/m1/s1. The predicted octanol–water partition coefficient (Wildman–Crippen LogP) is 4.87. The molecule has 31 heavy (non-hydrogen) atoms. The molecular formula is C25H30N2O4. The molecule has 6 nitrogen and oxygen atoms in total. The third kappa shape index (κ3) is 4.84. The summed E-state index contributed by atoms with van der Waals surface area (Å²) in [6, 6.07) is 14.1. The highest BCUT2D eigenvalue weighted by molar-refractivity contribution is 5.95. The second-order valence-corrected chi connectivity index (χ2v) is 9.38. The number of anilines is 1. The molecule has 2 aliphatic heterocycles. The van der Waals surface area contributed by atoms with Crippen LogP contribution in [0, 0.1) is 6.92 Å². The number of nitrogens with one attached hydrogen (secondary N) is 1. The summed E-state index contributed by atoms with van der Waals surface area (Å²) in [5.74, 6) is -0.279. The normalized spacial score (nSPS) is 20.4. The number of hydrogen-bond acceptors (Lipinski definition) is 5. The Bertz CT molecular complexity index is 995. The summed E-state index contributed by atoms with van der Waals surface area (Å²) in [4.78, 5) is 26.5. The van der Waals surface area contributed by atoms with Gasteiger partial charge in [-0.2, -0.15) is 0 Å². The fraction of sp³-hybridized carbons (Fsp3) is 0.440. The second kappa shape index (κ2) is 8.25. The van der Waals surface area contributed by atoms with E-state index in [0.29, 0.717) is 25.1 Å². The van der Waals surface area contributed by atoms with Gasteiger partial charge in [-0.25, -0.2) is 9.59 Å². The van der Waals surface area contributed by atoms with Crippen LogP contribution in [0.3, 0.4) is 0 Å². The van der Waals surface area contributed by atoms with Gasteiger partial charge in [0, 0.05) is 36.8 Å². The molecule has 0 saturated carbocycles. The van der Waals surface area contributed by atoms with Gasteiger partial charge >= 0.3 is 12.1 Å².